The van der Waals surface area contributed by atoms with E-state index in [0.29, 0.717) is 24.9 Å². The molecule has 2 N–H and O–H groups in total. The van der Waals surface area contributed by atoms with Crippen LogP contribution in [0.1, 0.15) is 43.9 Å². The van der Waals surface area contributed by atoms with Crippen molar-refractivity contribution in [3.05, 3.63) is 35.4 Å². The van der Waals surface area contributed by atoms with Crippen LogP contribution in [0.2, 0.25) is 0 Å². The van der Waals surface area contributed by atoms with Gasteiger partial charge in [-0.3, -0.25) is 0 Å². The number of amides is 1. The molecule has 1 aliphatic carbocycles. The third-order valence-electron chi connectivity index (χ3n) is 4.23. The number of carbonyl (C=O) groups is 1. The lowest BCUT2D eigenvalue weighted by molar-refractivity contribution is 0.0284. The number of rotatable bonds is 0. The van der Waals surface area contributed by atoms with E-state index in [1.807, 2.05) is 32.9 Å². The smallest absolute Gasteiger partial charge is 0.410 e. The van der Waals surface area contributed by atoms with Crippen molar-refractivity contribution in [2.24, 2.45) is 11.7 Å². The topological polar surface area (TPSA) is 55.6 Å². The molecule has 20 heavy (non-hydrogen) atoms. The molecule has 0 aromatic heterocycles. The fourth-order valence-electron chi connectivity index (χ4n) is 3.38. The van der Waals surface area contributed by atoms with Crippen LogP contribution in [0.25, 0.3) is 0 Å². The molecular formula is C16H22N2O2. The molecule has 0 radical (unpaired) electrons. The highest BCUT2D eigenvalue weighted by Crippen LogP contribution is 2.48. The average Bonchev–Trinajstić information content (AvgIpc) is 2.89. The first-order chi connectivity index (χ1) is 9.37. The van der Waals surface area contributed by atoms with E-state index in [4.69, 9.17) is 10.5 Å². The van der Waals surface area contributed by atoms with Crippen molar-refractivity contribution in [2.75, 3.05) is 13.1 Å². The molecule has 2 aliphatic rings. The molecule has 0 bridgehead atoms. The van der Waals surface area contributed by atoms with E-state index in [1.54, 1.807) is 4.90 Å². The Bertz CT molecular complexity index is 536. The summed E-state index contributed by atoms with van der Waals surface area (Å²) in [4.78, 5) is 14.0. The van der Waals surface area contributed by atoms with Crippen molar-refractivity contribution in [1.29, 1.82) is 0 Å². The third kappa shape index (κ3) is 2.18. The van der Waals surface area contributed by atoms with Crippen molar-refractivity contribution >= 4 is 6.09 Å². The lowest BCUT2D eigenvalue weighted by Crippen LogP contribution is -2.36. The third-order valence-corrected chi connectivity index (χ3v) is 4.23. The first-order valence-electron chi connectivity index (χ1n) is 7.19. The van der Waals surface area contributed by atoms with E-state index in [9.17, 15) is 4.79 Å². The number of benzene rings is 1. The lowest BCUT2D eigenvalue weighted by Gasteiger charge is -2.25. The van der Waals surface area contributed by atoms with Crippen LogP contribution in [-0.2, 0) is 4.74 Å². The summed E-state index contributed by atoms with van der Waals surface area (Å²) >= 11 is 0. The molecule has 1 saturated heterocycles. The zero-order valence-corrected chi connectivity index (χ0v) is 12.3. The monoisotopic (exact) mass is 274 g/mol. The van der Waals surface area contributed by atoms with Crippen molar-refractivity contribution in [3.8, 4) is 0 Å². The van der Waals surface area contributed by atoms with Gasteiger partial charge in [-0.2, -0.15) is 0 Å². The minimum Gasteiger partial charge on any atom is -0.444 e. The van der Waals surface area contributed by atoms with E-state index < -0.39 is 5.60 Å². The van der Waals surface area contributed by atoms with Crippen LogP contribution in [0.5, 0.6) is 0 Å². The zero-order valence-electron chi connectivity index (χ0n) is 12.3. The minimum atomic E-state index is -0.450. The van der Waals surface area contributed by atoms with Crippen molar-refractivity contribution in [2.45, 2.75) is 38.3 Å². The molecule has 1 heterocycles. The highest BCUT2D eigenvalue weighted by Gasteiger charge is 2.46. The zero-order chi connectivity index (χ0) is 14.5. The van der Waals surface area contributed by atoms with Gasteiger partial charge in [-0.05, 0) is 31.9 Å². The van der Waals surface area contributed by atoms with Crippen molar-refractivity contribution in [3.63, 3.8) is 0 Å². The first-order valence-corrected chi connectivity index (χ1v) is 7.19. The van der Waals surface area contributed by atoms with Crippen LogP contribution in [0.15, 0.2) is 24.3 Å². The largest absolute Gasteiger partial charge is 0.444 e. The second-order valence-electron chi connectivity index (χ2n) is 6.81. The van der Waals surface area contributed by atoms with Gasteiger partial charge < -0.3 is 15.4 Å². The molecule has 4 heteroatoms. The van der Waals surface area contributed by atoms with Gasteiger partial charge in [0, 0.05) is 31.0 Å². The number of carbonyl (C=O) groups excluding carboxylic acids is 1. The number of likely N-dealkylation sites (tertiary alicyclic amines) is 1. The molecule has 1 aliphatic heterocycles. The SMILES string of the molecule is CC(C)(C)OC(=O)N1C[C@@H]2[C@H](N)c3ccccc3[C@@H]2C1. The molecular weight excluding hydrogens is 252 g/mol. The number of fused-ring (bicyclic) bond motifs is 3. The maximum Gasteiger partial charge on any atom is 0.410 e. The number of ether oxygens (including phenoxy) is 1. The van der Waals surface area contributed by atoms with Crippen LogP contribution >= 0.6 is 0 Å². The number of nitrogens with two attached hydrogens (primary N) is 1. The van der Waals surface area contributed by atoms with Gasteiger partial charge in [0.1, 0.15) is 5.60 Å². The van der Waals surface area contributed by atoms with Gasteiger partial charge in [-0.25, -0.2) is 4.79 Å². The Labute approximate surface area is 119 Å². The Balaban J connectivity index is 1.77. The summed E-state index contributed by atoms with van der Waals surface area (Å²) in [6.45, 7) is 7.08. The summed E-state index contributed by atoms with van der Waals surface area (Å²) in [5, 5.41) is 0. The maximum atomic E-state index is 12.2. The predicted molar refractivity (Wildman–Crippen MR) is 77.4 cm³/mol. The predicted octanol–water partition coefficient (Wildman–Crippen LogP) is 2.65. The molecule has 4 nitrogen and oxygen atoms in total. The molecule has 1 aromatic carbocycles. The number of hydrogen-bond donors (Lipinski definition) is 1. The average molecular weight is 274 g/mol. The normalized spacial score (nSPS) is 28.2. The van der Waals surface area contributed by atoms with Gasteiger partial charge in [0.15, 0.2) is 0 Å². The van der Waals surface area contributed by atoms with Crippen LogP contribution in [0, 0.1) is 5.92 Å². The maximum absolute atomic E-state index is 12.2. The Morgan fingerprint density at radius 2 is 1.90 bits per heavy atom. The van der Waals surface area contributed by atoms with Crippen LogP contribution in [-0.4, -0.2) is 29.7 Å². The molecule has 0 unspecified atom stereocenters. The van der Waals surface area contributed by atoms with Gasteiger partial charge in [0.25, 0.3) is 0 Å². The van der Waals surface area contributed by atoms with Gasteiger partial charge in [-0.1, -0.05) is 24.3 Å². The van der Waals surface area contributed by atoms with Gasteiger partial charge in [0.05, 0.1) is 0 Å². The van der Waals surface area contributed by atoms with Gasteiger partial charge in [0.2, 0.25) is 0 Å². The van der Waals surface area contributed by atoms with Crippen molar-refractivity contribution in [1.82, 2.24) is 4.90 Å². The molecule has 1 fully saturated rings. The summed E-state index contributed by atoms with van der Waals surface area (Å²) in [5.41, 5.74) is 8.44. The lowest BCUT2D eigenvalue weighted by atomic mass is 9.95. The van der Waals surface area contributed by atoms with Gasteiger partial charge in [-0.15, -0.1) is 0 Å². The Kier molecular flexibility index (Phi) is 3.01. The Morgan fingerprint density at radius 3 is 2.55 bits per heavy atom. The Morgan fingerprint density at radius 1 is 1.25 bits per heavy atom. The molecule has 3 rings (SSSR count). The van der Waals surface area contributed by atoms with E-state index >= 15 is 0 Å². The van der Waals surface area contributed by atoms with E-state index in [1.165, 1.54) is 11.1 Å². The van der Waals surface area contributed by atoms with Crippen LogP contribution < -0.4 is 5.73 Å². The van der Waals surface area contributed by atoms with E-state index in [-0.39, 0.29) is 12.1 Å². The number of hydrogen-bond acceptors (Lipinski definition) is 3. The summed E-state index contributed by atoms with van der Waals surface area (Å²) in [7, 11) is 0. The molecule has 3 atom stereocenters. The summed E-state index contributed by atoms with van der Waals surface area (Å²) in [5.74, 6) is 0.675. The summed E-state index contributed by atoms with van der Waals surface area (Å²) in [6.07, 6.45) is -0.225. The number of nitrogens with zero attached hydrogens (tertiary/aromatic N) is 1. The molecule has 0 spiro atoms. The molecule has 0 saturated carbocycles. The highest BCUT2D eigenvalue weighted by atomic mass is 16.6. The fourth-order valence-corrected chi connectivity index (χ4v) is 3.38. The standard InChI is InChI=1S/C16H22N2O2/c1-16(2,3)20-15(19)18-8-12-10-6-4-5-7-11(10)14(17)13(12)9-18/h4-7,12-14H,8-9,17H2,1-3H3/t12-,13-,14+/m0/s1. The quantitative estimate of drug-likeness (QED) is 0.791. The molecule has 1 amide bonds. The second-order valence-corrected chi connectivity index (χ2v) is 6.81. The summed E-state index contributed by atoms with van der Waals surface area (Å²) in [6, 6.07) is 8.35. The second kappa shape index (κ2) is 4.48. The Hall–Kier alpha value is -1.55. The molecule has 108 valence electrons. The first kappa shape index (κ1) is 13.4. The van der Waals surface area contributed by atoms with E-state index in [2.05, 4.69) is 12.1 Å². The molecule has 1 aromatic rings. The van der Waals surface area contributed by atoms with E-state index in [0.717, 1.165) is 0 Å². The fraction of sp³-hybridized carbons (Fsp3) is 0.562. The summed E-state index contributed by atoms with van der Waals surface area (Å²) < 4.78 is 5.46. The van der Waals surface area contributed by atoms with Gasteiger partial charge >= 0.3 is 6.09 Å². The highest BCUT2D eigenvalue weighted by molar-refractivity contribution is 5.69. The van der Waals surface area contributed by atoms with Crippen molar-refractivity contribution < 1.29 is 9.53 Å². The minimum absolute atomic E-state index is 0.0311. The van der Waals surface area contributed by atoms with Crippen LogP contribution in [0.3, 0.4) is 0 Å². The van der Waals surface area contributed by atoms with Crippen LogP contribution in [0.4, 0.5) is 4.79 Å².